The van der Waals surface area contributed by atoms with Crippen molar-refractivity contribution in [1.29, 1.82) is 0 Å². The molecule has 1 amide bonds. The third-order valence-electron chi connectivity index (χ3n) is 4.01. The maximum atomic E-state index is 12.3. The largest absolute Gasteiger partial charge is 0.313 e. The van der Waals surface area contributed by atoms with Crippen molar-refractivity contribution < 1.29 is 4.79 Å². The molecule has 124 valence electrons. The summed E-state index contributed by atoms with van der Waals surface area (Å²) < 4.78 is 3.98. The molecule has 0 saturated heterocycles. The first-order valence-electron chi connectivity index (χ1n) is 8.16. The minimum Gasteiger partial charge on any atom is -0.313 e. The van der Waals surface area contributed by atoms with Gasteiger partial charge in [-0.15, -0.1) is 10.2 Å². The van der Waals surface area contributed by atoms with Gasteiger partial charge in [-0.2, -0.15) is 5.10 Å². The zero-order valence-electron chi connectivity index (χ0n) is 13.7. The van der Waals surface area contributed by atoms with Gasteiger partial charge in [0.05, 0.1) is 19.3 Å². The Labute approximate surface area is 135 Å². The molecular formula is C15H23N7O. The van der Waals surface area contributed by atoms with Crippen molar-refractivity contribution in [3.8, 4) is 0 Å². The highest BCUT2D eigenvalue weighted by Gasteiger charge is 2.22. The number of rotatable bonds is 6. The summed E-state index contributed by atoms with van der Waals surface area (Å²) in [6.07, 6.45) is 3.57. The molecule has 0 radical (unpaired) electrons. The standard InChI is InChI=1S/C15H23N7O/c1-3-7-22-13(5-6-16-22)17-15(23)11-20-8-9-21-12(4-2)18-19-14(21)10-20/h5-6H,3-4,7-11H2,1-2H3,(H,17,23). The maximum Gasteiger partial charge on any atom is 0.239 e. The second-order valence-electron chi connectivity index (χ2n) is 5.74. The van der Waals surface area contributed by atoms with Crippen LogP contribution in [0.1, 0.15) is 31.9 Å². The van der Waals surface area contributed by atoms with E-state index in [0.717, 1.165) is 49.9 Å². The number of carbonyl (C=O) groups is 1. The highest BCUT2D eigenvalue weighted by Crippen LogP contribution is 2.13. The van der Waals surface area contributed by atoms with Crippen LogP contribution in [0.15, 0.2) is 12.3 Å². The Bertz CT molecular complexity index is 675. The molecule has 0 bridgehead atoms. The lowest BCUT2D eigenvalue weighted by atomic mass is 10.3. The summed E-state index contributed by atoms with van der Waals surface area (Å²) in [5.74, 6) is 2.70. The molecule has 0 atom stereocenters. The molecule has 2 aromatic heterocycles. The van der Waals surface area contributed by atoms with Crippen LogP contribution in [0.3, 0.4) is 0 Å². The lowest BCUT2D eigenvalue weighted by molar-refractivity contribution is -0.117. The van der Waals surface area contributed by atoms with Crippen molar-refractivity contribution in [2.45, 2.75) is 46.3 Å². The zero-order chi connectivity index (χ0) is 16.2. The minimum atomic E-state index is -0.0217. The van der Waals surface area contributed by atoms with E-state index in [-0.39, 0.29) is 5.91 Å². The number of hydrogen-bond acceptors (Lipinski definition) is 5. The second-order valence-corrected chi connectivity index (χ2v) is 5.74. The van der Waals surface area contributed by atoms with Crippen molar-refractivity contribution in [3.05, 3.63) is 23.9 Å². The van der Waals surface area contributed by atoms with Gasteiger partial charge in [-0.05, 0) is 6.42 Å². The van der Waals surface area contributed by atoms with Crippen molar-refractivity contribution in [1.82, 2.24) is 29.4 Å². The van der Waals surface area contributed by atoms with Gasteiger partial charge in [-0.3, -0.25) is 9.69 Å². The number of hydrogen-bond donors (Lipinski definition) is 1. The number of amides is 1. The molecule has 1 aliphatic rings. The maximum absolute atomic E-state index is 12.3. The van der Waals surface area contributed by atoms with Gasteiger partial charge in [0.15, 0.2) is 0 Å². The summed E-state index contributed by atoms with van der Waals surface area (Å²) in [5.41, 5.74) is 0. The van der Waals surface area contributed by atoms with Crippen molar-refractivity contribution in [2.24, 2.45) is 0 Å². The zero-order valence-corrected chi connectivity index (χ0v) is 13.7. The molecule has 0 spiro atoms. The van der Waals surface area contributed by atoms with Crippen molar-refractivity contribution in [3.63, 3.8) is 0 Å². The number of nitrogens with one attached hydrogen (secondary N) is 1. The molecule has 2 aromatic rings. The van der Waals surface area contributed by atoms with Gasteiger partial charge in [0.2, 0.25) is 5.91 Å². The van der Waals surface area contributed by atoms with E-state index in [4.69, 9.17) is 0 Å². The number of aryl methyl sites for hydroxylation is 2. The molecule has 0 aliphatic carbocycles. The van der Waals surface area contributed by atoms with E-state index < -0.39 is 0 Å². The van der Waals surface area contributed by atoms with Gasteiger partial charge in [0.1, 0.15) is 17.5 Å². The van der Waals surface area contributed by atoms with E-state index in [9.17, 15) is 4.79 Å². The molecule has 3 rings (SSSR count). The number of anilines is 1. The van der Waals surface area contributed by atoms with Gasteiger partial charge < -0.3 is 9.88 Å². The van der Waals surface area contributed by atoms with E-state index in [1.807, 2.05) is 10.7 Å². The van der Waals surface area contributed by atoms with Crippen LogP contribution in [0, 0.1) is 0 Å². The first kappa shape index (κ1) is 15.7. The van der Waals surface area contributed by atoms with Crippen LogP contribution in [0.25, 0.3) is 0 Å². The monoisotopic (exact) mass is 317 g/mol. The molecule has 23 heavy (non-hydrogen) atoms. The Morgan fingerprint density at radius 2 is 2.17 bits per heavy atom. The number of nitrogens with zero attached hydrogens (tertiary/aromatic N) is 6. The highest BCUT2D eigenvalue weighted by molar-refractivity contribution is 5.91. The fourth-order valence-corrected chi connectivity index (χ4v) is 2.88. The minimum absolute atomic E-state index is 0.0217. The number of carbonyl (C=O) groups excluding carboxylic acids is 1. The van der Waals surface area contributed by atoms with Crippen LogP contribution in [0.4, 0.5) is 5.82 Å². The van der Waals surface area contributed by atoms with Crippen LogP contribution in [0.5, 0.6) is 0 Å². The quantitative estimate of drug-likeness (QED) is 0.856. The average molecular weight is 317 g/mol. The molecule has 1 aliphatic heterocycles. The molecular weight excluding hydrogens is 294 g/mol. The predicted octanol–water partition coefficient (Wildman–Crippen LogP) is 0.901. The summed E-state index contributed by atoms with van der Waals surface area (Å²) in [7, 11) is 0. The Balaban J connectivity index is 1.57. The lowest BCUT2D eigenvalue weighted by Crippen LogP contribution is -2.39. The third kappa shape index (κ3) is 3.42. The molecule has 1 N–H and O–H groups in total. The van der Waals surface area contributed by atoms with Crippen LogP contribution in [0.2, 0.25) is 0 Å². The van der Waals surface area contributed by atoms with E-state index in [1.165, 1.54) is 0 Å². The molecule has 0 fully saturated rings. The summed E-state index contributed by atoms with van der Waals surface area (Å²) in [4.78, 5) is 14.4. The Morgan fingerprint density at radius 3 is 2.96 bits per heavy atom. The smallest absolute Gasteiger partial charge is 0.239 e. The third-order valence-corrected chi connectivity index (χ3v) is 4.01. The van der Waals surface area contributed by atoms with E-state index in [1.54, 1.807) is 6.20 Å². The van der Waals surface area contributed by atoms with Gasteiger partial charge >= 0.3 is 0 Å². The van der Waals surface area contributed by atoms with Gasteiger partial charge in [-0.1, -0.05) is 13.8 Å². The van der Waals surface area contributed by atoms with Gasteiger partial charge in [0.25, 0.3) is 0 Å². The van der Waals surface area contributed by atoms with Crippen molar-refractivity contribution in [2.75, 3.05) is 18.4 Å². The Hall–Kier alpha value is -2.22. The summed E-state index contributed by atoms with van der Waals surface area (Å²) in [6.45, 7) is 7.65. The molecule has 8 nitrogen and oxygen atoms in total. The van der Waals surface area contributed by atoms with Crippen LogP contribution < -0.4 is 5.32 Å². The van der Waals surface area contributed by atoms with Gasteiger partial charge in [-0.25, -0.2) is 4.68 Å². The van der Waals surface area contributed by atoms with Crippen molar-refractivity contribution >= 4 is 11.7 Å². The lowest BCUT2D eigenvalue weighted by Gasteiger charge is -2.27. The normalized spacial score (nSPS) is 14.7. The summed E-state index contributed by atoms with van der Waals surface area (Å²) >= 11 is 0. The van der Waals surface area contributed by atoms with Crippen LogP contribution in [-0.2, 0) is 30.8 Å². The molecule has 3 heterocycles. The van der Waals surface area contributed by atoms with E-state index >= 15 is 0 Å². The number of fused-ring (bicyclic) bond motifs is 1. The summed E-state index contributed by atoms with van der Waals surface area (Å²) in [5, 5.41) is 15.6. The topological polar surface area (TPSA) is 80.9 Å². The van der Waals surface area contributed by atoms with Crippen LogP contribution in [-0.4, -0.2) is 48.4 Å². The first-order valence-corrected chi connectivity index (χ1v) is 8.16. The molecule has 0 saturated carbocycles. The first-order chi connectivity index (χ1) is 11.2. The number of aromatic nitrogens is 5. The molecule has 0 aromatic carbocycles. The van der Waals surface area contributed by atoms with Crippen LogP contribution >= 0.6 is 0 Å². The average Bonchev–Trinajstić information content (AvgIpc) is 3.14. The predicted molar refractivity (Wildman–Crippen MR) is 85.8 cm³/mol. The van der Waals surface area contributed by atoms with Gasteiger partial charge in [0, 0.05) is 32.1 Å². The SMILES string of the molecule is CCCn1nccc1NC(=O)CN1CCn2c(CC)nnc2C1. The Kier molecular flexibility index (Phi) is 4.71. The summed E-state index contributed by atoms with van der Waals surface area (Å²) in [6, 6.07) is 1.83. The highest BCUT2D eigenvalue weighted by atomic mass is 16.2. The fourth-order valence-electron chi connectivity index (χ4n) is 2.88. The Morgan fingerprint density at radius 1 is 1.30 bits per heavy atom. The molecule has 0 unspecified atom stereocenters. The second kappa shape index (κ2) is 6.91. The van der Waals surface area contributed by atoms with E-state index in [2.05, 4.69) is 43.9 Å². The molecule has 8 heteroatoms. The fraction of sp³-hybridized carbons (Fsp3) is 0.600. The van der Waals surface area contributed by atoms with E-state index in [0.29, 0.717) is 13.1 Å².